The van der Waals surface area contributed by atoms with E-state index in [1.54, 1.807) is 24.9 Å². The molecular weight excluding hydrogens is 354 g/mol. The van der Waals surface area contributed by atoms with Crippen LogP contribution in [0.1, 0.15) is 33.6 Å². The van der Waals surface area contributed by atoms with E-state index in [0.717, 1.165) is 0 Å². The number of hydrogen-bond acceptors (Lipinski definition) is 5. The Hall–Kier alpha value is -2.16. The number of amides is 1. The third-order valence-electron chi connectivity index (χ3n) is 3.26. The molecule has 1 N–H and O–H groups in total. The molecule has 9 heteroatoms. The van der Waals surface area contributed by atoms with Gasteiger partial charge in [0.25, 0.3) is 5.91 Å². The Labute approximate surface area is 135 Å². The number of anilines is 1. The number of aryl methyl sites for hydroxylation is 2. The molecular formula is C13H16BrN5O3. The van der Waals surface area contributed by atoms with Crippen molar-refractivity contribution < 1.29 is 14.3 Å². The number of ether oxygens (including phenoxy) is 1. The Morgan fingerprint density at radius 3 is 2.73 bits per heavy atom. The van der Waals surface area contributed by atoms with Crippen LogP contribution in [-0.2, 0) is 18.3 Å². The molecule has 0 radical (unpaired) electrons. The molecule has 0 aromatic carbocycles. The highest BCUT2D eigenvalue weighted by Crippen LogP contribution is 2.23. The summed E-state index contributed by atoms with van der Waals surface area (Å²) in [7, 11) is 2.95. The number of rotatable bonds is 4. The zero-order valence-corrected chi connectivity index (χ0v) is 14.3. The summed E-state index contributed by atoms with van der Waals surface area (Å²) in [6.07, 6.45) is 1.55. The van der Waals surface area contributed by atoms with Crippen LogP contribution < -0.4 is 5.32 Å². The van der Waals surface area contributed by atoms with Crippen LogP contribution in [0.25, 0.3) is 0 Å². The third kappa shape index (κ3) is 2.76. The van der Waals surface area contributed by atoms with Crippen molar-refractivity contribution in [2.75, 3.05) is 12.4 Å². The minimum atomic E-state index is -0.609. The Bertz CT molecular complexity index is 734. The van der Waals surface area contributed by atoms with Crippen molar-refractivity contribution in [3.8, 4) is 0 Å². The van der Waals surface area contributed by atoms with Gasteiger partial charge in [-0.25, -0.2) is 4.79 Å². The highest BCUT2D eigenvalue weighted by atomic mass is 79.9. The fourth-order valence-corrected chi connectivity index (χ4v) is 2.47. The second-order valence-electron chi connectivity index (χ2n) is 4.54. The van der Waals surface area contributed by atoms with Gasteiger partial charge in [0, 0.05) is 13.6 Å². The first kappa shape index (κ1) is 16.2. The van der Waals surface area contributed by atoms with E-state index in [9.17, 15) is 9.59 Å². The molecule has 0 saturated heterocycles. The number of esters is 1. The maximum absolute atomic E-state index is 12.5. The molecule has 0 unspecified atom stereocenters. The molecule has 8 nitrogen and oxygen atoms in total. The third-order valence-corrected chi connectivity index (χ3v) is 3.84. The molecule has 1 amide bonds. The molecule has 0 saturated carbocycles. The first-order chi connectivity index (χ1) is 10.4. The van der Waals surface area contributed by atoms with Gasteiger partial charge in [-0.05, 0) is 29.8 Å². The zero-order chi connectivity index (χ0) is 16.4. The van der Waals surface area contributed by atoms with Crippen molar-refractivity contribution in [1.29, 1.82) is 0 Å². The summed E-state index contributed by atoms with van der Waals surface area (Å²) in [5, 5.41) is 10.9. The van der Waals surface area contributed by atoms with Gasteiger partial charge in [0.2, 0.25) is 0 Å². The smallest absolute Gasteiger partial charge is 0.360 e. The first-order valence-corrected chi connectivity index (χ1v) is 7.34. The molecule has 2 rings (SSSR count). The monoisotopic (exact) mass is 369 g/mol. The van der Waals surface area contributed by atoms with E-state index in [-0.39, 0.29) is 11.6 Å². The molecule has 0 aliphatic rings. The molecule has 0 aliphatic heterocycles. The number of hydrogen-bond donors (Lipinski definition) is 1. The van der Waals surface area contributed by atoms with Crippen molar-refractivity contribution >= 4 is 33.5 Å². The van der Waals surface area contributed by atoms with E-state index in [2.05, 4.69) is 31.4 Å². The van der Waals surface area contributed by atoms with Crippen molar-refractivity contribution in [3.63, 3.8) is 0 Å². The summed E-state index contributed by atoms with van der Waals surface area (Å²) < 4.78 is 8.34. The fourth-order valence-electron chi connectivity index (χ4n) is 2.00. The van der Waals surface area contributed by atoms with Crippen molar-refractivity contribution in [2.24, 2.45) is 7.05 Å². The quantitative estimate of drug-likeness (QED) is 0.828. The minimum absolute atomic E-state index is 0.0644. The van der Waals surface area contributed by atoms with Crippen LogP contribution in [0.5, 0.6) is 0 Å². The standard InChI is InChI=1S/C13H16BrN5O3/c1-5-19-11(8(14)6-15-19)12(20)16-9-7(2)18(3)17-10(9)13(21)22-4/h6H,5H2,1-4H3,(H,16,20). The van der Waals surface area contributed by atoms with E-state index in [4.69, 9.17) is 4.74 Å². The first-order valence-electron chi connectivity index (χ1n) is 6.55. The number of carbonyl (C=O) groups excluding carboxylic acids is 2. The summed E-state index contributed by atoms with van der Waals surface area (Å²) in [5.41, 5.74) is 1.42. The largest absolute Gasteiger partial charge is 0.464 e. The number of nitrogens with one attached hydrogen (secondary N) is 1. The van der Waals surface area contributed by atoms with Gasteiger partial charge < -0.3 is 10.1 Å². The highest BCUT2D eigenvalue weighted by Gasteiger charge is 2.24. The second kappa shape index (κ2) is 6.30. The van der Waals surface area contributed by atoms with E-state index in [0.29, 0.717) is 28.1 Å². The second-order valence-corrected chi connectivity index (χ2v) is 5.39. The van der Waals surface area contributed by atoms with Gasteiger partial charge in [-0.15, -0.1) is 0 Å². The van der Waals surface area contributed by atoms with Gasteiger partial charge in [0.1, 0.15) is 5.69 Å². The summed E-state index contributed by atoms with van der Waals surface area (Å²) in [5.74, 6) is -0.991. The normalized spacial score (nSPS) is 10.6. The van der Waals surface area contributed by atoms with Gasteiger partial charge in [-0.1, -0.05) is 0 Å². The average molecular weight is 370 g/mol. The van der Waals surface area contributed by atoms with Gasteiger partial charge >= 0.3 is 5.97 Å². The lowest BCUT2D eigenvalue weighted by Crippen LogP contribution is -2.19. The Balaban J connectivity index is 2.40. The molecule has 2 aromatic rings. The maximum atomic E-state index is 12.5. The van der Waals surface area contributed by atoms with Gasteiger partial charge in [0.15, 0.2) is 5.69 Å². The van der Waals surface area contributed by atoms with Crippen LogP contribution in [0.15, 0.2) is 10.7 Å². The topological polar surface area (TPSA) is 91.0 Å². The Morgan fingerprint density at radius 1 is 1.45 bits per heavy atom. The molecule has 2 aromatic heterocycles. The van der Waals surface area contributed by atoms with Crippen LogP contribution >= 0.6 is 15.9 Å². The lowest BCUT2D eigenvalue weighted by atomic mass is 10.2. The fraction of sp³-hybridized carbons (Fsp3) is 0.385. The average Bonchev–Trinajstić information content (AvgIpc) is 3.01. The predicted octanol–water partition coefficient (Wildman–Crippen LogP) is 1.75. The lowest BCUT2D eigenvalue weighted by Gasteiger charge is -2.08. The zero-order valence-electron chi connectivity index (χ0n) is 12.7. The number of methoxy groups -OCH3 is 1. The molecule has 0 fully saturated rings. The molecule has 0 spiro atoms. The Morgan fingerprint density at radius 2 is 2.14 bits per heavy atom. The maximum Gasteiger partial charge on any atom is 0.360 e. The molecule has 0 aliphatic carbocycles. The van der Waals surface area contributed by atoms with E-state index in [1.165, 1.54) is 11.8 Å². The summed E-state index contributed by atoms with van der Waals surface area (Å²) in [6, 6.07) is 0. The summed E-state index contributed by atoms with van der Waals surface area (Å²) in [6.45, 7) is 4.18. The molecule has 0 atom stereocenters. The van der Waals surface area contributed by atoms with Crippen LogP contribution in [0.2, 0.25) is 0 Å². The number of aromatic nitrogens is 4. The van der Waals surface area contributed by atoms with Crippen molar-refractivity contribution in [2.45, 2.75) is 20.4 Å². The predicted molar refractivity (Wildman–Crippen MR) is 82.8 cm³/mol. The highest BCUT2D eigenvalue weighted by molar-refractivity contribution is 9.10. The van der Waals surface area contributed by atoms with Gasteiger partial charge in [0.05, 0.1) is 29.2 Å². The SMILES string of the molecule is CCn1ncc(Br)c1C(=O)Nc1c(C(=O)OC)nn(C)c1C. The molecule has 22 heavy (non-hydrogen) atoms. The summed E-state index contributed by atoms with van der Waals surface area (Å²) >= 11 is 3.30. The van der Waals surface area contributed by atoms with Gasteiger partial charge in [-0.3, -0.25) is 14.2 Å². The molecule has 2 heterocycles. The molecule has 0 bridgehead atoms. The van der Waals surface area contributed by atoms with E-state index >= 15 is 0 Å². The van der Waals surface area contributed by atoms with Crippen LogP contribution in [0.4, 0.5) is 5.69 Å². The number of halogens is 1. The Kier molecular flexibility index (Phi) is 4.65. The van der Waals surface area contributed by atoms with Crippen LogP contribution in [0, 0.1) is 6.92 Å². The van der Waals surface area contributed by atoms with Gasteiger partial charge in [-0.2, -0.15) is 10.2 Å². The summed E-state index contributed by atoms with van der Waals surface area (Å²) in [4.78, 5) is 24.3. The van der Waals surface area contributed by atoms with E-state index in [1.807, 2.05) is 6.92 Å². The minimum Gasteiger partial charge on any atom is -0.464 e. The van der Waals surface area contributed by atoms with Crippen LogP contribution in [-0.4, -0.2) is 38.5 Å². The van der Waals surface area contributed by atoms with Crippen molar-refractivity contribution in [1.82, 2.24) is 19.6 Å². The van der Waals surface area contributed by atoms with E-state index < -0.39 is 5.97 Å². The number of nitrogens with zero attached hydrogens (tertiary/aromatic N) is 4. The van der Waals surface area contributed by atoms with Crippen molar-refractivity contribution in [3.05, 3.63) is 27.8 Å². The lowest BCUT2D eigenvalue weighted by molar-refractivity contribution is 0.0594. The van der Waals surface area contributed by atoms with Crippen LogP contribution in [0.3, 0.4) is 0 Å². The number of carbonyl (C=O) groups is 2. The molecule has 118 valence electrons.